The Bertz CT molecular complexity index is 568. The molecule has 2 rings (SSSR count). The number of ether oxygens (including phenoxy) is 1. The second-order valence-corrected chi connectivity index (χ2v) is 6.13. The molecule has 0 bridgehead atoms. The van der Waals surface area contributed by atoms with Gasteiger partial charge in [-0.25, -0.2) is 4.39 Å². The number of rotatable bonds is 2. The molecule has 0 spiro atoms. The van der Waals surface area contributed by atoms with E-state index in [0.717, 1.165) is 12.1 Å². The van der Waals surface area contributed by atoms with Crippen LogP contribution in [0, 0.1) is 5.82 Å². The highest BCUT2D eigenvalue weighted by atomic mass is 19.4. The molecule has 0 amide bonds. The van der Waals surface area contributed by atoms with Gasteiger partial charge in [-0.05, 0) is 39.8 Å². The van der Waals surface area contributed by atoms with Crippen molar-refractivity contribution in [3.8, 4) is 5.75 Å². The Morgan fingerprint density at radius 3 is 1.95 bits per heavy atom. The molecular formula is C14H17BF4O3. The van der Waals surface area contributed by atoms with E-state index < -0.39 is 41.3 Å². The Labute approximate surface area is 126 Å². The summed E-state index contributed by atoms with van der Waals surface area (Å²) >= 11 is 0. The molecule has 1 aromatic rings. The molecule has 0 aliphatic carbocycles. The second-order valence-electron chi connectivity index (χ2n) is 6.13. The predicted molar refractivity (Wildman–Crippen MR) is 73.7 cm³/mol. The summed E-state index contributed by atoms with van der Waals surface area (Å²) in [6.45, 7) is 6.72. The zero-order chi connectivity index (χ0) is 16.9. The molecule has 8 heteroatoms. The highest BCUT2D eigenvalue weighted by molar-refractivity contribution is 6.62. The third-order valence-corrected chi connectivity index (χ3v) is 4.16. The van der Waals surface area contributed by atoms with Crippen molar-refractivity contribution in [2.24, 2.45) is 0 Å². The van der Waals surface area contributed by atoms with Gasteiger partial charge in [-0.1, -0.05) is 0 Å². The zero-order valence-corrected chi connectivity index (χ0v) is 13.0. The lowest BCUT2D eigenvalue weighted by Gasteiger charge is -2.32. The van der Waals surface area contributed by atoms with Crippen molar-refractivity contribution in [2.45, 2.75) is 45.1 Å². The maximum Gasteiger partial charge on any atom is 0.498 e. The van der Waals surface area contributed by atoms with Crippen LogP contribution in [0.1, 0.15) is 33.3 Å². The van der Waals surface area contributed by atoms with Crippen molar-refractivity contribution in [1.82, 2.24) is 0 Å². The summed E-state index contributed by atoms with van der Waals surface area (Å²) in [6.07, 6.45) is -4.73. The average molecular weight is 320 g/mol. The third-order valence-electron chi connectivity index (χ3n) is 4.16. The number of methoxy groups -OCH3 is 1. The van der Waals surface area contributed by atoms with E-state index in [1.165, 1.54) is 7.11 Å². The second kappa shape index (κ2) is 5.13. The Morgan fingerprint density at radius 2 is 1.55 bits per heavy atom. The molecule has 0 radical (unpaired) electrons. The van der Waals surface area contributed by atoms with Gasteiger partial charge in [-0.2, -0.15) is 13.2 Å². The molecule has 1 aliphatic rings. The van der Waals surface area contributed by atoms with Crippen molar-refractivity contribution < 1.29 is 31.6 Å². The number of alkyl halides is 3. The molecule has 0 saturated carbocycles. The molecule has 3 nitrogen and oxygen atoms in total. The number of hydrogen-bond donors (Lipinski definition) is 0. The summed E-state index contributed by atoms with van der Waals surface area (Å²) in [5, 5.41) is 0. The first kappa shape index (κ1) is 17.1. The minimum atomic E-state index is -4.73. The molecule has 0 N–H and O–H groups in total. The van der Waals surface area contributed by atoms with Gasteiger partial charge in [-0.15, -0.1) is 0 Å². The van der Waals surface area contributed by atoms with Crippen LogP contribution in [0.2, 0.25) is 0 Å². The molecule has 1 fully saturated rings. The largest absolute Gasteiger partial charge is 0.498 e. The van der Waals surface area contributed by atoms with E-state index in [4.69, 9.17) is 14.0 Å². The Hall–Kier alpha value is -1.28. The predicted octanol–water partition coefficient (Wildman–Crippen LogP) is 3.15. The van der Waals surface area contributed by atoms with Gasteiger partial charge in [0.15, 0.2) is 11.6 Å². The molecular weight excluding hydrogens is 303 g/mol. The van der Waals surface area contributed by atoms with Crippen LogP contribution in [0.5, 0.6) is 5.75 Å². The van der Waals surface area contributed by atoms with Crippen molar-refractivity contribution in [3.05, 3.63) is 23.5 Å². The summed E-state index contributed by atoms with van der Waals surface area (Å²) < 4.78 is 69.8. The molecule has 1 heterocycles. The SMILES string of the molecule is COc1ccc(C(F)(F)F)c(B2OC(C)(C)C(C)(C)O2)c1F. The van der Waals surface area contributed by atoms with Gasteiger partial charge in [0.1, 0.15) is 0 Å². The average Bonchev–Trinajstić information content (AvgIpc) is 2.56. The molecule has 1 saturated heterocycles. The topological polar surface area (TPSA) is 27.7 Å². The summed E-state index contributed by atoms with van der Waals surface area (Å²) in [7, 11) is -0.281. The highest BCUT2D eigenvalue weighted by Gasteiger charge is 2.55. The lowest BCUT2D eigenvalue weighted by Crippen LogP contribution is -2.41. The molecule has 1 aliphatic heterocycles. The van der Waals surface area contributed by atoms with Gasteiger partial charge >= 0.3 is 13.3 Å². The first-order valence-corrected chi connectivity index (χ1v) is 6.70. The monoisotopic (exact) mass is 320 g/mol. The standard InChI is InChI=1S/C14H17BF4O3/c1-12(2)13(3,4)22-15(21-12)10-8(14(17,18)19)6-7-9(20-5)11(10)16/h6-7H,1-5H3. The van der Waals surface area contributed by atoms with E-state index in [1.807, 2.05) is 0 Å². The van der Waals surface area contributed by atoms with Crippen molar-refractivity contribution in [1.29, 1.82) is 0 Å². The van der Waals surface area contributed by atoms with E-state index >= 15 is 0 Å². The first-order chi connectivity index (χ1) is 9.90. The molecule has 0 atom stereocenters. The summed E-state index contributed by atoms with van der Waals surface area (Å²) in [4.78, 5) is 0. The van der Waals surface area contributed by atoms with E-state index in [1.54, 1.807) is 27.7 Å². The minimum absolute atomic E-state index is 0.294. The highest BCUT2D eigenvalue weighted by Crippen LogP contribution is 2.39. The summed E-state index contributed by atoms with van der Waals surface area (Å²) in [5.74, 6) is -1.42. The van der Waals surface area contributed by atoms with Crippen LogP contribution in [0.25, 0.3) is 0 Å². The summed E-state index contributed by atoms with van der Waals surface area (Å²) in [5.41, 5.74) is -3.58. The van der Waals surface area contributed by atoms with E-state index in [0.29, 0.717) is 0 Å². The van der Waals surface area contributed by atoms with Crippen LogP contribution in [-0.4, -0.2) is 25.4 Å². The van der Waals surface area contributed by atoms with Crippen LogP contribution in [0.15, 0.2) is 12.1 Å². The lowest BCUT2D eigenvalue weighted by molar-refractivity contribution is -0.137. The van der Waals surface area contributed by atoms with Crippen LogP contribution >= 0.6 is 0 Å². The minimum Gasteiger partial charge on any atom is -0.494 e. The molecule has 1 aromatic carbocycles. The maximum absolute atomic E-state index is 14.4. The van der Waals surface area contributed by atoms with Gasteiger partial charge in [0.05, 0.1) is 23.9 Å². The fraction of sp³-hybridized carbons (Fsp3) is 0.571. The van der Waals surface area contributed by atoms with Gasteiger partial charge < -0.3 is 14.0 Å². The zero-order valence-electron chi connectivity index (χ0n) is 13.0. The molecule has 0 aromatic heterocycles. The molecule has 0 unspecified atom stereocenters. The Morgan fingerprint density at radius 1 is 1.05 bits per heavy atom. The lowest BCUT2D eigenvalue weighted by atomic mass is 9.75. The summed E-state index contributed by atoms with van der Waals surface area (Å²) in [6, 6.07) is 1.70. The van der Waals surface area contributed by atoms with Crippen molar-refractivity contribution in [3.63, 3.8) is 0 Å². The van der Waals surface area contributed by atoms with Gasteiger partial charge in [0.25, 0.3) is 0 Å². The van der Waals surface area contributed by atoms with Gasteiger partial charge in [-0.3, -0.25) is 0 Å². The van der Waals surface area contributed by atoms with E-state index in [2.05, 4.69) is 0 Å². The Balaban J connectivity index is 2.59. The third kappa shape index (κ3) is 2.69. The molecule has 122 valence electrons. The van der Waals surface area contributed by atoms with Crippen molar-refractivity contribution >= 4 is 12.6 Å². The van der Waals surface area contributed by atoms with Crippen LogP contribution in [-0.2, 0) is 15.5 Å². The maximum atomic E-state index is 14.4. The van der Waals surface area contributed by atoms with Crippen LogP contribution in [0.4, 0.5) is 17.6 Å². The number of hydrogen-bond acceptors (Lipinski definition) is 3. The normalized spacial score (nSPS) is 20.3. The fourth-order valence-electron chi connectivity index (χ4n) is 2.17. The smallest absolute Gasteiger partial charge is 0.494 e. The van der Waals surface area contributed by atoms with Gasteiger partial charge in [0, 0.05) is 5.46 Å². The van der Waals surface area contributed by atoms with Crippen molar-refractivity contribution in [2.75, 3.05) is 7.11 Å². The van der Waals surface area contributed by atoms with Gasteiger partial charge in [0.2, 0.25) is 0 Å². The quantitative estimate of drug-likeness (QED) is 0.619. The number of halogens is 4. The van der Waals surface area contributed by atoms with E-state index in [-0.39, 0.29) is 5.75 Å². The van der Waals surface area contributed by atoms with E-state index in [9.17, 15) is 17.6 Å². The Kier molecular flexibility index (Phi) is 3.98. The molecule has 22 heavy (non-hydrogen) atoms. The van der Waals surface area contributed by atoms with Crippen LogP contribution < -0.4 is 10.2 Å². The first-order valence-electron chi connectivity index (χ1n) is 6.70. The van der Waals surface area contributed by atoms with Crippen LogP contribution in [0.3, 0.4) is 0 Å². The fourth-order valence-corrected chi connectivity index (χ4v) is 2.17. The number of benzene rings is 1.